The number of anilines is 3. The zero-order valence-electron chi connectivity index (χ0n) is 18.5. The van der Waals surface area contributed by atoms with Gasteiger partial charge in [-0.1, -0.05) is 30.3 Å². The van der Waals surface area contributed by atoms with Crippen molar-refractivity contribution in [2.45, 2.75) is 19.9 Å². The Kier molecular flexibility index (Phi) is 5.62. The van der Waals surface area contributed by atoms with Gasteiger partial charge in [-0.2, -0.15) is 9.97 Å². The Labute approximate surface area is 195 Å². The van der Waals surface area contributed by atoms with E-state index in [4.69, 9.17) is 9.72 Å². The summed E-state index contributed by atoms with van der Waals surface area (Å²) in [6, 6.07) is 16.2. The summed E-state index contributed by atoms with van der Waals surface area (Å²) in [5.41, 5.74) is 6.26. The van der Waals surface area contributed by atoms with Gasteiger partial charge in [0.15, 0.2) is 11.5 Å². The maximum absolute atomic E-state index is 5.62. The Morgan fingerprint density at radius 3 is 2.67 bits per heavy atom. The smallest absolute Gasteiger partial charge is 0.231 e. The highest BCUT2D eigenvalue weighted by molar-refractivity contribution is 7.17. The fourth-order valence-electron chi connectivity index (χ4n) is 3.60. The van der Waals surface area contributed by atoms with Crippen LogP contribution in [0.2, 0.25) is 0 Å². The lowest BCUT2D eigenvalue weighted by molar-refractivity contribution is 0.413. The van der Waals surface area contributed by atoms with Gasteiger partial charge < -0.3 is 19.9 Å². The average Bonchev–Trinajstić information content (AvgIpc) is 3.48. The van der Waals surface area contributed by atoms with E-state index in [1.165, 1.54) is 16.9 Å². The van der Waals surface area contributed by atoms with Crippen molar-refractivity contribution >= 4 is 39.1 Å². The molecule has 0 spiro atoms. The summed E-state index contributed by atoms with van der Waals surface area (Å²) in [4.78, 5) is 18.0. The van der Waals surface area contributed by atoms with Crippen LogP contribution in [-0.4, -0.2) is 31.6 Å². The molecule has 9 heteroatoms. The first-order valence-electron chi connectivity index (χ1n) is 10.5. The molecular formula is C24H23N7OS. The second-order valence-electron chi connectivity index (χ2n) is 7.61. The first kappa shape index (κ1) is 20.9. The normalized spacial score (nSPS) is 12.0. The minimum absolute atomic E-state index is 0.0808. The number of rotatable bonds is 7. The minimum atomic E-state index is 0.0808. The molecule has 0 bridgehead atoms. The molecule has 0 aliphatic rings. The fraction of sp³-hybridized carbons (Fsp3) is 0.167. The number of hydrogen-bond acceptors (Lipinski definition) is 8. The molecule has 0 saturated heterocycles. The lowest BCUT2D eigenvalue weighted by Crippen LogP contribution is -2.09. The lowest BCUT2D eigenvalue weighted by atomic mass is 10.1. The molecule has 0 amide bonds. The van der Waals surface area contributed by atoms with E-state index in [-0.39, 0.29) is 6.04 Å². The minimum Gasteiger partial charge on any atom is -0.494 e. The average molecular weight is 458 g/mol. The molecular weight excluding hydrogens is 434 g/mol. The van der Waals surface area contributed by atoms with Crippen molar-refractivity contribution in [3.05, 3.63) is 77.8 Å². The number of nitrogens with zero attached hydrogens (tertiary/aromatic N) is 5. The molecule has 0 saturated carbocycles. The number of hydrogen-bond donors (Lipinski definition) is 2. The first-order chi connectivity index (χ1) is 16.1. The third-order valence-corrected chi connectivity index (χ3v) is 6.09. The second-order valence-corrected chi connectivity index (χ2v) is 8.47. The van der Waals surface area contributed by atoms with Crippen LogP contribution in [-0.2, 0) is 0 Å². The van der Waals surface area contributed by atoms with Crippen molar-refractivity contribution in [3.63, 3.8) is 0 Å². The molecule has 5 rings (SSSR count). The van der Waals surface area contributed by atoms with Crippen LogP contribution in [0.5, 0.6) is 5.75 Å². The molecule has 0 aliphatic heterocycles. The van der Waals surface area contributed by atoms with Crippen LogP contribution in [0.3, 0.4) is 0 Å². The molecule has 166 valence electrons. The number of nitrogens with one attached hydrogen (secondary N) is 2. The van der Waals surface area contributed by atoms with Crippen molar-refractivity contribution in [1.29, 1.82) is 0 Å². The molecule has 33 heavy (non-hydrogen) atoms. The van der Waals surface area contributed by atoms with E-state index in [0.29, 0.717) is 17.3 Å². The molecule has 1 unspecified atom stereocenters. The van der Waals surface area contributed by atoms with E-state index >= 15 is 0 Å². The largest absolute Gasteiger partial charge is 0.494 e. The maximum atomic E-state index is 5.62. The maximum Gasteiger partial charge on any atom is 0.231 e. The zero-order valence-corrected chi connectivity index (χ0v) is 19.3. The summed E-state index contributed by atoms with van der Waals surface area (Å²) in [5, 5.41) is 6.81. The number of benzene rings is 2. The number of fused-ring (bicyclic) bond motifs is 1. The molecule has 5 aromatic rings. The molecule has 2 aromatic carbocycles. The van der Waals surface area contributed by atoms with Crippen LogP contribution in [0.4, 0.5) is 17.5 Å². The number of imidazole rings is 1. The molecule has 0 aliphatic carbocycles. The van der Waals surface area contributed by atoms with Crippen molar-refractivity contribution in [2.75, 3.05) is 17.7 Å². The van der Waals surface area contributed by atoms with Crippen LogP contribution in [0, 0.1) is 6.92 Å². The Balaban J connectivity index is 1.44. The topological polar surface area (TPSA) is 89.8 Å². The van der Waals surface area contributed by atoms with Gasteiger partial charge in [0.2, 0.25) is 5.95 Å². The molecule has 3 heterocycles. The van der Waals surface area contributed by atoms with Crippen molar-refractivity contribution < 1.29 is 4.74 Å². The molecule has 0 radical (unpaired) electrons. The van der Waals surface area contributed by atoms with Gasteiger partial charge in [-0.25, -0.2) is 9.97 Å². The Hall–Kier alpha value is -3.98. The standard InChI is InChI=1S/C24H23N7OS/c1-15-12-31(13-25-15)19-10-9-18(11-20(19)32-3)28-24-29-22-21(33-14-26-22)23(30-24)27-16(2)17-7-5-4-6-8-17/h4-14,16H,1-3H3,(H2,27,28,29,30). The monoisotopic (exact) mass is 457 g/mol. The van der Waals surface area contributed by atoms with Crippen LogP contribution in [0.25, 0.3) is 16.0 Å². The predicted molar refractivity (Wildman–Crippen MR) is 132 cm³/mol. The highest BCUT2D eigenvalue weighted by atomic mass is 32.1. The van der Waals surface area contributed by atoms with Gasteiger partial charge in [0.1, 0.15) is 10.4 Å². The van der Waals surface area contributed by atoms with Gasteiger partial charge in [0.25, 0.3) is 0 Å². The molecule has 8 nitrogen and oxygen atoms in total. The van der Waals surface area contributed by atoms with Crippen LogP contribution >= 0.6 is 11.3 Å². The summed E-state index contributed by atoms with van der Waals surface area (Å²) < 4.78 is 8.47. The molecule has 3 aromatic heterocycles. The van der Waals surface area contributed by atoms with Gasteiger partial charge >= 0.3 is 0 Å². The summed E-state index contributed by atoms with van der Waals surface area (Å²) in [6.07, 6.45) is 3.72. The van der Waals surface area contributed by atoms with E-state index in [1.54, 1.807) is 18.9 Å². The van der Waals surface area contributed by atoms with E-state index in [2.05, 4.69) is 44.6 Å². The third-order valence-electron chi connectivity index (χ3n) is 5.27. The number of aryl methyl sites for hydroxylation is 1. The van der Waals surface area contributed by atoms with Crippen LogP contribution in [0.1, 0.15) is 24.2 Å². The van der Waals surface area contributed by atoms with Crippen LogP contribution < -0.4 is 15.4 Å². The third kappa shape index (κ3) is 4.35. The highest BCUT2D eigenvalue weighted by Gasteiger charge is 2.15. The Morgan fingerprint density at radius 2 is 1.91 bits per heavy atom. The van der Waals surface area contributed by atoms with Gasteiger partial charge in [-0.3, -0.25) is 0 Å². The van der Waals surface area contributed by atoms with E-state index in [0.717, 1.165) is 27.6 Å². The van der Waals surface area contributed by atoms with Crippen LogP contribution in [0.15, 0.2) is 66.6 Å². The number of aromatic nitrogens is 5. The number of ether oxygens (including phenoxy) is 1. The van der Waals surface area contributed by atoms with E-state index in [9.17, 15) is 0 Å². The molecule has 1 atom stereocenters. The fourth-order valence-corrected chi connectivity index (χ4v) is 4.28. The van der Waals surface area contributed by atoms with Gasteiger partial charge in [0, 0.05) is 24.0 Å². The van der Waals surface area contributed by atoms with Gasteiger partial charge in [-0.15, -0.1) is 11.3 Å². The molecule has 0 fully saturated rings. The summed E-state index contributed by atoms with van der Waals surface area (Å²) in [6.45, 7) is 4.06. The van der Waals surface area contributed by atoms with Crippen molar-refractivity contribution in [2.24, 2.45) is 0 Å². The zero-order chi connectivity index (χ0) is 22.8. The lowest BCUT2D eigenvalue weighted by Gasteiger charge is -2.16. The second kappa shape index (κ2) is 8.87. The van der Waals surface area contributed by atoms with Crippen molar-refractivity contribution in [1.82, 2.24) is 24.5 Å². The summed E-state index contributed by atoms with van der Waals surface area (Å²) in [5.74, 6) is 1.92. The Morgan fingerprint density at radius 1 is 1.06 bits per heavy atom. The number of thiazole rings is 1. The molecule has 2 N–H and O–H groups in total. The summed E-state index contributed by atoms with van der Waals surface area (Å²) >= 11 is 1.52. The SMILES string of the molecule is COc1cc(Nc2nc(NC(C)c3ccccc3)c3scnc3n2)ccc1-n1cnc(C)c1. The highest BCUT2D eigenvalue weighted by Crippen LogP contribution is 2.31. The predicted octanol–water partition coefficient (Wildman–Crippen LogP) is 5.51. The van der Waals surface area contributed by atoms with Gasteiger partial charge in [0.05, 0.1) is 30.3 Å². The van der Waals surface area contributed by atoms with Crippen molar-refractivity contribution in [3.8, 4) is 11.4 Å². The Bertz CT molecular complexity index is 1400. The van der Waals surface area contributed by atoms with E-state index < -0.39 is 0 Å². The first-order valence-corrected chi connectivity index (χ1v) is 11.4. The van der Waals surface area contributed by atoms with E-state index in [1.807, 2.05) is 54.1 Å². The quantitative estimate of drug-likeness (QED) is 0.333. The number of methoxy groups -OCH3 is 1. The summed E-state index contributed by atoms with van der Waals surface area (Å²) in [7, 11) is 1.65. The van der Waals surface area contributed by atoms with Gasteiger partial charge in [-0.05, 0) is 31.5 Å².